The van der Waals surface area contributed by atoms with Gasteiger partial charge in [0.1, 0.15) is 5.69 Å². The van der Waals surface area contributed by atoms with E-state index in [1.165, 1.54) is 16.5 Å². The molecule has 68 heavy (non-hydrogen) atoms. The first-order valence-corrected chi connectivity index (χ1v) is 23.5. The summed E-state index contributed by atoms with van der Waals surface area (Å²) in [5, 5.41) is 7.99. The van der Waals surface area contributed by atoms with Crippen LogP contribution >= 0.6 is 0 Å². The van der Waals surface area contributed by atoms with Crippen LogP contribution in [0.15, 0.2) is 243 Å². The number of allylic oxidation sites excluding steroid dienone is 4. The van der Waals surface area contributed by atoms with Gasteiger partial charge in [-0.2, -0.15) is 5.10 Å². The standard InChI is InChI=1S/C64H46N4/c1-2-9-28-46(27-8-1)60-61(47-29-14-5-15-30-47)67-68-62(48-31-16-6-17-32-48)59(55-37-20-21-38-56(55)63(60)68)51-36-22-35-50(39-51)57-43-58(66-64(65-57)49-33-18-7-19-34-49)54-41-52(44-23-10-3-11-24-44)40-53(42-54)45-25-12-4-13-26-45/h1,3-8,10-27,29-43H,2,9,28H2. The Morgan fingerprint density at radius 2 is 0.882 bits per heavy atom. The summed E-state index contributed by atoms with van der Waals surface area (Å²) >= 11 is 0. The molecule has 8 aromatic carbocycles. The number of hydrogen-bond donors (Lipinski definition) is 0. The van der Waals surface area contributed by atoms with Crippen LogP contribution in [-0.2, 0) is 0 Å². The smallest absolute Gasteiger partial charge is 0.160 e. The van der Waals surface area contributed by atoms with Gasteiger partial charge in [-0.3, -0.25) is 0 Å². The van der Waals surface area contributed by atoms with E-state index in [0.29, 0.717) is 5.82 Å². The first-order chi connectivity index (χ1) is 33.7. The summed E-state index contributed by atoms with van der Waals surface area (Å²) in [6.45, 7) is 0. The van der Waals surface area contributed by atoms with Crippen LogP contribution in [0.1, 0.15) is 24.8 Å². The molecule has 0 atom stereocenters. The van der Waals surface area contributed by atoms with Gasteiger partial charge in [-0.1, -0.05) is 212 Å². The van der Waals surface area contributed by atoms with Crippen molar-refractivity contribution in [3.8, 4) is 89.8 Å². The number of fused-ring (bicyclic) bond motifs is 3. The van der Waals surface area contributed by atoms with Gasteiger partial charge in [-0.05, 0) is 88.4 Å². The zero-order chi connectivity index (χ0) is 45.2. The highest BCUT2D eigenvalue weighted by Gasteiger charge is 2.26. The van der Waals surface area contributed by atoms with Crippen molar-refractivity contribution < 1.29 is 0 Å². The lowest BCUT2D eigenvalue weighted by atomic mass is 9.89. The minimum absolute atomic E-state index is 0.673. The van der Waals surface area contributed by atoms with Crippen molar-refractivity contribution in [3.05, 3.63) is 248 Å². The molecule has 0 amide bonds. The summed E-state index contributed by atoms with van der Waals surface area (Å²) in [6.07, 6.45) is 9.95. The third-order valence-electron chi connectivity index (χ3n) is 13.1. The molecular weight excluding hydrogens is 825 g/mol. The quantitative estimate of drug-likeness (QED) is 0.145. The molecule has 0 saturated heterocycles. The lowest BCUT2D eigenvalue weighted by Gasteiger charge is -2.18. The van der Waals surface area contributed by atoms with Crippen LogP contribution < -0.4 is 0 Å². The first kappa shape index (κ1) is 40.8. The van der Waals surface area contributed by atoms with Crippen molar-refractivity contribution >= 4 is 21.9 Å². The minimum atomic E-state index is 0.673. The third kappa shape index (κ3) is 7.72. The molecule has 12 rings (SSSR count). The maximum Gasteiger partial charge on any atom is 0.160 e. The van der Waals surface area contributed by atoms with E-state index in [1.807, 2.05) is 6.07 Å². The molecule has 0 radical (unpaired) electrons. The normalized spacial score (nSPS) is 12.6. The van der Waals surface area contributed by atoms with Crippen LogP contribution in [0.3, 0.4) is 0 Å². The van der Waals surface area contributed by atoms with Crippen molar-refractivity contribution in [2.75, 3.05) is 0 Å². The van der Waals surface area contributed by atoms with E-state index >= 15 is 0 Å². The molecule has 0 unspecified atom stereocenters. The van der Waals surface area contributed by atoms with E-state index in [9.17, 15) is 0 Å². The van der Waals surface area contributed by atoms with Gasteiger partial charge in [0, 0.05) is 44.3 Å². The predicted molar refractivity (Wildman–Crippen MR) is 283 cm³/mol. The lowest BCUT2D eigenvalue weighted by molar-refractivity contribution is 0.887. The minimum Gasteiger partial charge on any atom is -0.231 e. The fourth-order valence-electron chi connectivity index (χ4n) is 9.87. The zero-order valence-corrected chi connectivity index (χ0v) is 37.5. The topological polar surface area (TPSA) is 43.1 Å². The van der Waals surface area contributed by atoms with E-state index in [-0.39, 0.29) is 0 Å². The fraction of sp³-hybridized carbons (Fsp3) is 0.0469. The molecule has 0 fully saturated rings. The average Bonchev–Trinajstić information content (AvgIpc) is 3.62. The summed E-state index contributed by atoms with van der Waals surface area (Å²) in [7, 11) is 0. The summed E-state index contributed by atoms with van der Waals surface area (Å²) in [4.78, 5) is 10.7. The molecule has 4 heteroatoms. The number of pyridine rings is 1. The number of nitrogens with zero attached hydrogens (tertiary/aromatic N) is 4. The van der Waals surface area contributed by atoms with Gasteiger partial charge in [-0.15, -0.1) is 0 Å². The van der Waals surface area contributed by atoms with Crippen LogP contribution in [0.4, 0.5) is 0 Å². The van der Waals surface area contributed by atoms with E-state index < -0.39 is 0 Å². The molecule has 1 aliphatic carbocycles. The van der Waals surface area contributed by atoms with E-state index in [0.717, 1.165) is 114 Å². The van der Waals surface area contributed by atoms with Gasteiger partial charge >= 0.3 is 0 Å². The van der Waals surface area contributed by atoms with Crippen molar-refractivity contribution in [2.24, 2.45) is 0 Å². The van der Waals surface area contributed by atoms with Gasteiger partial charge in [0.2, 0.25) is 0 Å². The number of aromatic nitrogens is 4. The Balaban J connectivity index is 1.10. The van der Waals surface area contributed by atoms with E-state index in [4.69, 9.17) is 15.1 Å². The molecule has 11 aromatic rings. The van der Waals surface area contributed by atoms with E-state index in [2.05, 4.69) is 241 Å². The van der Waals surface area contributed by atoms with Crippen molar-refractivity contribution in [1.82, 2.24) is 19.6 Å². The van der Waals surface area contributed by atoms with Crippen LogP contribution in [0, 0.1) is 0 Å². The summed E-state index contributed by atoms with van der Waals surface area (Å²) in [5.74, 6) is 0.673. The third-order valence-corrected chi connectivity index (χ3v) is 13.1. The van der Waals surface area contributed by atoms with Gasteiger partial charge in [0.05, 0.1) is 22.6 Å². The molecule has 0 spiro atoms. The molecule has 0 bridgehead atoms. The Hall–Kier alpha value is -8.73. The Morgan fingerprint density at radius 1 is 0.382 bits per heavy atom. The Bertz CT molecular complexity index is 3610. The molecule has 0 N–H and O–H groups in total. The maximum atomic E-state index is 5.66. The van der Waals surface area contributed by atoms with Crippen LogP contribution in [0.2, 0.25) is 0 Å². The Kier molecular flexibility index (Phi) is 10.7. The molecule has 322 valence electrons. The highest BCUT2D eigenvalue weighted by Crippen LogP contribution is 2.46. The second-order valence-corrected chi connectivity index (χ2v) is 17.4. The average molecular weight is 871 g/mol. The fourth-order valence-corrected chi connectivity index (χ4v) is 9.87. The molecule has 3 heterocycles. The van der Waals surface area contributed by atoms with Gasteiger partial charge in [0.25, 0.3) is 0 Å². The molecule has 0 aliphatic heterocycles. The first-order valence-electron chi connectivity index (χ1n) is 23.5. The second-order valence-electron chi connectivity index (χ2n) is 17.4. The summed E-state index contributed by atoms with van der Waals surface area (Å²) in [5.41, 5.74) is 19.3. The molecule has 0 saturated carbocycles. The Labute approximate surface area is 396 Å². The van der Waals surface area contributed by atoms with E-state index in [1.54, 1.807) is 0 Å². The largest absolute Gasteiger partial charge is 0.231 e. The van der Waals surface area contributed by atoms with Crippen molar-refractivity contribution in [3.63, 3.8) is 0 Å². The van der Waals surface area contributed by atoms with Gasteiger partial charge in [0.15, 0.2) is 5.82 Å². The number of hydrogen-bond acceptors (Lipinski definition) is 3. The summed E-state index contributed by atoms with van der Waals surface area (Å²) in [6, 6.07) is 79.7. The monoisotopic (exact) mass is 870 g/mol. The van der Waals surface area contributed by atoms with Crippen LogP contribution in [0.25, 0.3) is 112 Å². The molecule has 1 aliphatic rings. The lowest BCUT2D eigenvalue weighted by Crippen LogP contribution is -2.01. The number of rotatable bonds is 9. The molecule has 3 aromatic heterocycles. The van der Waals surface area contributed by atoms with Crippen LogP contribution in [-0.4, -0.2) is 19.6 Å². The van der Waals surface area contributed by atoms with Crippen LogP contribution in [0.5, 0.6) is 0 Å². The molecule has 4 nitrogen and oxygen atoms in total. The number of benzene rings is 8. The highest BCUT2D eigenvalue weighted by atomic mass is 15.2. The Morgan fingerprint density at radius 3 is 1.53 bits per heavy atom. The van der Waals surface area contributed by atoms with Crippen molar-refractivity contribution in [2.45, 2.75) is 19.3 Å². The molecular formula is C64H46N4. The second kappa shape index (κ2) is 17.9. The predicted octanol–water partition coefficient (Wildman–Crippen LogP) is 16.7. The zero-order valence-electron chi connectivity index (χ0n) is 37.5. The maximum absolute atomic E-state index is 5.66. The van der Waals surface area contributed by atoms with Gasteiger partial charge in [-0.25, -0.2) is 14.5 Å². The summed E-state index contributed by atoms with van der Waals surface area (Å²) < 4.78 is 2.24. The van der Waals surface area contributed by atoms with Gasteiger partial charge < -0.3 is 0 Å². The highest BCUT2D eigenvalue weighted by molar-refractivity contribution is 6.13. The van der Waals surface area contributed by atoms with Crippen molar-refractivity contribution in [1.29, 1.82) is 0 Å². The SMILES string of the molecule is C1=CCCCC(c2c(-c3ccccc3)nn3c(-c4ccccc4)c(-c4cccc(-c5cc(-c6cc(-c7ccccc7)cc(-c7ccccc7)c6)nc(-c6ccccc6)n5)c4)c4ccccc4c23)=C1.